The van der Waals surface area contributed by atoms with Crippen molar-refractivity contribution < 1.29 is 9.53 Å². The van der Waals surface area contributed by atoms with E-state index in [0.717, 1.165) is 18.5 Å². The van der Waals surface area contributed by atoms with Gasteiger partial charge in [-0.05, 0) is 25.5 Å². The Morgan fingerprint density at radius 2 is 2.35 bits per heavy atom. The topological polar surface area (TPSA) is 51.2 Å². The molecule has 1 heterocycles. The van der Waals surface area contributed by atoms with Gasteiger partial charge in [-0.1, -0.05) is 19.4 Å². The number of nitrogens with zero attached hydrogens (tertiary/aromatic N) is 1. The Kier molecular flexibility index (Phi) is 6.25. The zero-order valence-electron chi connectivity index (χ0n) is 10.5. The minimum atomic E-state index is -0.207. The number of hydrogen-bond acceptors (Lipinski definition) is 4. The number of carbonyl (C=O) groups excluding carboxylic acids is 1. The highest BCUT2D eigenvalue weighted by Gasteiger charge is 2.08. The second kappa shape index (κ2) is 7.79. The summed E-state index contributed by atoms with van der Waals surface area (Å²) in [7, 11) is 0. The zero-order chi connectivity index (χ0) is 12.5. The van der Waals surface area contributed by atoms with Gasteiger partial charge in [0.25, 0.3) is 0 Å². The molecule has 0 aliphatic heterocycles. The molecule has 1 unspecified atom stereocenters. The SMILES string of the molecule is CCCCOC(=O)CNC(C)c1ccccn1. The predicted octanol–water partition coefficient (Wildman–Crippen LogP) is 2.08. The number of unbranched alkanes of at least 4 members (excludes halogenated alkanes) is 1. The van der Waals surface area contributed by atoms with Crippen LogP contribution in [0, 0.1) is 0 Å². The lowest BCUT2D eigenvalue weighted by atomic mass is 10.2. The molecule has 1 atom stereocenters. The van der Waals surface area contributed by atoms with Crippen molar-refractivity contribution >= 4 is 5.97 Å². The van der Waals surface area contributed by atoms with Gasteiger partial charge in [0.15, 0.2) is 0 Å². The maximum absolute atomic E-state index is 11.3. The van der Waals surface area contributed by atoms with E-state index in [-0.39, 0.29) is 18.6 Å². The van der Waals surface area contributed by atoms with E-state index in [1.807, 2.05) is 25.1 Å². The van der Waals surface area contributed by atoms with Crippen molar-refractivity contribution in [3.05, 3.63) is 30.1 Å². The molecule has 17 heavy (non-hydrogen) atoms. The quantitative estimate of drug-likeness (QED) is 0.581. The number of hydrogen-bond donors (Lipinski definition) is 1. The third-order valence-electron chi connectivity index (χ3n) is 2.44. The molecule has 0 aliphatic carbocycles. The average Bonchev–Trinajstić information content (AvgIpc) is 2.37. The molecule has 0 saturated heterocycles. The highest BCUT2D eigenvalue weighted by atomic mass is 16.5. The fourth-order valence-corrected chi connectivity index (χ4v) is 1.35. The van der Waals surface area contributed by atoms with Crippen molar-refractivity contribution in [2.75, 3.05) is 13.2 Å². The van der Waals surface area contributed by atoms with Crippen molar-refractivity contribution in [1.29, 1.82) is 0 Å². The molecule has 0 saturated carbocycles. The molecule has 1 rings (SSSR count). The van der Waals surface area contributed by atoms with Crippen LogP contribution in [0.4, 0.5) is 0 Å². The molecule has 1 aromatic rings. The first-order chi connectivity index (χ1) is 8.24. The molecule has 94 valence electrons. The van der Waals surface area contributed by atoms with Gasteiger partial charge in [0.2, 0.25) is 0 Å². The van der Waals surface area contributed by atoms with Crippen LogP contribution in [0.2, 0.25) is 0 Å². The molecule has 0 aromatic carbocycles. The van der Waals surface area contributed by atoms with Crippen molar-refractivity contribution in [3.63, 3.8) is 0 Å². The molecular formula is C13H20N2O2. The van der Waals surface area contributed by atoms with E-state index in [1.54, 1.807) is 6.20 Å². The highest BCUT2D eigenvalue weighted by Crippen LogP contribution is 2.06. The van der Waals surface area contributed by atoms with Crippen molar-refractivity contribution in [1.82, 2.24) is 10.3 Å². The van der Waals surface area contributed by atoms with Crippen molar-refractivity contribution in [2.45, 2.75) is 32.7 Å². The molecule has 1 aromatic heterocycles. The molecule has 0 amide bonds. The second-order valence-corrected chi connectivity index (χ2v) is 3.93. The summed E-state index contributed by atoms with van der Waals surface area (Å²) in [6.07, 6.45) is 3.69. The van der Waals surface area contributed by atoms with Gasteiger partial charge in [-0.25, -0.2) is 0 Å². The number of ether oxygens (including phenoxy) is 1. The first-order valence-electron chi connectivity index (χ1n) is 6.04. The Balaban J connectivity index is 2.24. The highest BCUT2D eigenvalue weighted by molar-refractivity contribution is 5.71. The minimum Gasteiger partial charge on any atom is -0.465 e. The van der Waals surface area contributed by atoms with Crippen LogP contribution in [0.1, 0.15) is 38.4 Å². The van der Waals surface area contributed by atoms with E-state index in [2.05, 4.69) is 17.2 Å². The van der Waals surface area contributed by atoms with E-state index < -0.39 is 0 Å². The second-order valence-electron chi connectivity index (χ2n) is 3.93. The fraction of sp³-hybridized carbons (Fsp3) is 0.538. The molecule has 0 radical (unpaired) electrons. The van der Waals surface area contributed by atoms with Gasteiger partial charge in [-0.2, -0.15) is 0 Å². The van der Waals surface area contributed by atoms with E-state index >= 15 is 0 Å². The fourth-order valence-electron chi connectivity index (χ4n) is 1.35. The number of nitrogens with one attached hydrogen (secondary N) is 1. The number of carbonyl (C=O) groups is 1. The van der Waals surface area contributed by atoms with Gasteiger partial charge < -0.3 is 4.74 Å². The molecular weight excluding hydrogens is 216 g/mol. The van der Waals surface area contributed by atoms with Gasteiger partial charge in [0.1, 0.15) is 0 Å². The summed E-state index contributed by atoms with van der Waals surface area (Å²) in [5, 5.41) is 3.09. The summed E-state index contributed by atoms with van der Waals surface area (Å²) in [5.74, 6) is -0.207. The number of aromatic nitrogens is 1. The summed E-state index contributed by atoms with van der Waals surface area (Å²) in [6, 6.07) is 5.78. The van der Waals surface area contributed by atoms with Crippen LogP contribution in [0.25, 0.3) is 0 Å². The first-order valence-corrected chi connectivity index (χ1v) is 6.04. The van der Waals surface area contributed by atoms with Crippen molar-refractivity contribution in [3.8, 4) is 0 Å². The van der Waals surface area contributed by atoms with Crippen LogP contribution < -0.4 is 5.32 Å². The Morgan fingerprint density at radius 1 is 1.53 bits per heavy atom. The molecule has 0 fully saturated rings. The van der Waals surface area contributed by atoms with Crippen LogP contribution in [0.5, 0.6) is 0 Å². The standard InChI is InChI=1S/C13H20N2O2/c1-3-4-9-17-13(16)10-15-11(2)12-7-5-6-8-14-12/h5-8,11,15H,3-4,9-10H2,1-2H3. The largest absolute Gasteiger partial charge is 0.465 e. The molecule has 0 bridgehead atoms. The molecule has 0 aliphatic rings. The molecule has 4 nitrogen and oxygen atoms in total. The Labute approximate surface area is 102 Å². The normalized spacial score (nSPS) is 12.1. The van der Waals surface area contributed by atoms with Gasteiger partial charge >= 0.3 is 5.97 Å². The van der Waals surface area contributed by atoms with E-state index in [1.165, 1.54) is 0 Å². The number of esters is 1. The lowest BCUT2D eigenvalue weighted by molar-refractivity contribution is -0.142. The summed E-state index contributed by atoms with van der Waals surface area (Å²) >= 11 is 0. The maximum Gasteiger partial charge on any atom is 0.319 e. The average molecular weight is 236 g/mol. The van der Waals surface area contributed by atoms with Gasteiger partial charge in [-0.15, -0.1) is 0 Å². The third kappa shape index (κ3) is 5.45. The predicted molar refractivity (Wildman–Crippen MR) is 66.5 cm³/mol. The summed E-state index contributed by atoms with van der Waals surface area (Å²) < 4.78 is 5.05. The first kappa shape index (κ1) is 13.6. The maximum atomic E-state index is 11.3. The lowest BCUT2D eigenvalue weighted by Crippen LogP contribution is -2.28. The minimum absolute atomic E-state index is 0.0509. The van der Waals surface area contributed by atoms with E-state index in [0.29, 0.717) is 6.61 Å². The lowest BCUT2D eigenvalue weighted by Gasteiger charge is -2.12. The number of pyridine rings is 1. The number of rotatable bonds is 7. The monoisotopic (exact) mass is 236 g/mol. The zero-order valence-corrected chi connectivity index (χ0v) is 10.5. The van der Waals surface area contributed by atoms with Crippen LogP contribution in [-0.2, 0) is 9.53 Å². The van der Waals surface area contributed by atoms with Gasteiger partial charge in [0, 0.05) is 12.2 Å². The Bertz CT molecular complexity index is 327. The van der Waals surface area contributed by atoms with Gasteiger partial charge in [-0.3, -0.25) is 15.1 Å². The summed E-state index contributed by atoms with van der Waals surface area (Å²) in [4.78, 5) is 15.6. The van der Waals surface area contributed by atoms with Crippen LogP contribution in [0.15, 0.2) is 24.4 Å². The van der Waals surface area contributed by atoms with E-state index in [9.17, 15) is 4.79 Å². The molecule has 0 spiro atoms. The summed E-state index contributed by atoms with van der Waals surface area (Å²) in [5.41, 5.74) is 0.925. The van der Waals surface area contributed by atoms with Crippen LogP contribution in [0.3, 0.4) is 0 Å². The Morgan fingerprint density at radius 3 is 3.00 bits per heavy atom. The smallest absolute Gasteiger partial charge is 0.319 e. The molecule has 1 N–H and O–H groups in total. The Hall–Kier alpha value is -1.42. The molecule has 4 heteroatoms. The third-order valence-corrected chi connectivity index (χ3v) is 2.44. The van der Waals surface area contributed by atoms with Crippen LogP contribution in [-0.4, -0.2) is 24.1 Å². The van der Waals surface area contributed by atoms with Crippen LogP contribution >= 0.6 is 0 Å². The van der Waals surface area contributed by atoms with Gasteiger partial charge in [0.05, 0.1) is 18.8 Å². The van der Waals surface area contributed by atoms with Crippen molar-refractivity contribution in [2.24, 2.45) is 0 Å². The summed E-state index contributed by atoms with van der Waals surface area (Å²) in [6.45, 7) is 4.77. The van der Waals surface area contributed by atoms with E-state index in [4.69, 9.17) is 4.74 Å².